The van der Waals surface area contributed by atoms with Crippen LogP contribution in [-0.4, -0.2) is 14.8 Å². The first kappa shape index (κ1) is 10.1. The Morgan fingerprint density at radius 1 is 1.27 bits per heavy atom. The zero-order valence-corrected chi connectivity index (χ0v) is 9.09. The summed E-state index contributed by atoms with van der Waals surface area (Å²) in [5.74, 6) is 0.437. The molecule has 0 atom stereocenters. The number of aryl methyl sites for hydroxylation is 2. The highest BCUT2D eigenvalue weighted by Gasteiger charge is 2.09. The van der Waals surface area contributed by atoms with Crippen LogP contribution < -0.4 is 0 Å². The Balaban J connectivity index is 2.59. The zero-order chi connectivity index (χ0) is 11.0. The van der Waals surface area contributed by atoms with Crippen molar-refractivity contribution < 1.29 is 4.39 Å². The Morgan fingerprint density at radius 3 is 2.53 bits per heavy atom. The van der Waals surface area contributed by atoms with Gasteiger partial charge in [0.25, 0.3) is 0 Å². The third-order valence-electron chi connectivity index (χ3n) is 2.19. The highest BCUT2D eigenvalue weighted by Crippen LogP contribution is 2.18. The number of benzene rings is 1. The Labute approximate surface area is 91.5 Å². The Morgan fingerprint density at radius 2 is 2.00 bits per heavy atom. The van der Waals surface area contributed by atoms with E-state index in [-0.39, 0.29) is 11.1 Å². The van der Waals surface area contributed by atoms with Crippen LogP contribution in [0.1, 0.15) is 11.4 Å². The maximum absolute atomic E-state index is 13.1. The van der Waals surface area contributed by atoms with Crippen LogP contribution in [0.3, 0.4) is 0 Å². The molecule has 0 bridgehead atoms. The van der Waals surface area contributed by atoms with E-state index in [0.717, 1.165) is 5.69 Å². The van der Waals surface area contributed by atoms with E-state index in [9.17, 15) is 4.39 Å². The third kappa shape index (κ3) is 1.72. The summed E-state index contributed by atoms with van der Waals surface area (Å²) in [4.78, 5) is 0. The average molecular weight is 226 g/mol. The smallest absolute Gasteiger partial charge is 0.229 e. The minimum atomic E-state index is -0.236. The van der Waals surface area contributed by atoms with Crippen molar-refractivity contribution in [2.75, 3.05) is 0 Å². The second-order valence-corrected chi connectivity index (χ2v) is 3.62. The van der Waals surface area contributed by atoms with Gasteiger partial charge in [0.1, 0.15) is 11.6 Å². The van der Waals surface area contributed by atoms with E-state index in [1.54, 1.807) is 30.5 Å². The normalized spacial score (nSPS) is 10.7. The maximum Gasteiger partial charge on any atom is 0.229 e. The molecule has 78 valence electrons. The molecule has 0 saturated carbocycles. The predicted molar refractivity (Wildman–Crippen MR) is 55.8 cm³/mol. The van der Waals surface area contributed by atoms with Gasteiger partial charge in [-0.2, -0.15) is 0 Å². The Bertz CT molecular complexity index is 488. The van der Waals surface area contributed by atoms with Crippen LogP contribution in [0, 0.1) is 19.7 Å². The van der Waals surface area contributed by atoms with Gasteiger partial charge in [-0.1, -0.05) is 0 Å². The lowest BCUT2D eigenvalue weighted by Gasteiger charge is -2.06. The van der Waals surface area contributed by atoms with Gasteiger partial charge in [-0.15, -0.1) is 10.2 Å². The van der Waals surface area contributed by atoms with Gasteiger partial charge in [0.05, 0.1) is 5.69 Å². The standard InChI is InChI=1S/C10H9ClFN3/c1-6-5-8(3-4-9(6)12)15-7(2)13-14-10(15)11/h3-5H,1-2H3. The van der Waals surface area contributed by atoms with Gasteiger partial charge in [0, 0.05) is 0 Å². The molecule has 2 rings (SSSR count). The van der Waals surface area contributed by atoms with Gasteiger partial charge in [-0.3, -0.25) is 4.57 Å². The summed E-state index contributed by atoms with van der Waals surface area (Å²) in [7, 11) is 0. The van der Waals surface area contributed by atoms with Crippen molar-refractivity contribution in [3.05, 3.63) is 40.7 Å². The number of aromatic nitrogens is 3. The number of halogens is 2. The molecule has 1 aromatic carbocycles. The number of nitrogens with zero attached hydrogens (tertiary/aromatic N) is 3. The molecule has 0 fully saturated rings. The zero-order valence-electron chi connectivity index (χ0n) is 8.33. The van der Waals surface area contributed by atoms with E-state index in [0.29, 0.717) is 11.4 Å². The molecule has 0 radical (unpaired) electrons. The predicted octanol–water partition coefficient (Wildman–Crippen LogP) is 2.68. The fourth-order valence-corrected chi connectivity index (χ4v) is 1.66. The van der Waals surface area contributed by atoms with E-state index in [1.807, 2.05) is 0 Å². The molecular formula is C10H9ClFN3. The maximum atomic E-state index is 13.1. The topological polar surface area (TPSA) is 30.7 Å². The van der Waals surface area contributed by atoms with E-state index in [1.165, 1.54) is 6.07 Å². The van der Waals surface area contributed by atoms with Crippen molar-refractivity contribution in [3.8, 4) is 5.69 Å². The molecule has 0 spiro atoms. The van der Waals surface area contributed by atoms with E-state index in [2.05, 4.69) is 10.2 Å². The fraction of sp³-hybridized carbons (Fsp3) is 0.200. The molecule has 3 nitrogen and oxygen atoms in total. The lowest BCUT2D eigenvalue weighted by molar-refractivity contribution is 0.618. The van der Waals surface area contributed by atoms with Crippen LogP contribution in [0.4, 0.5) is 4.39 Å². The van der Waals surface area contributed by atoms with Crippen LogP contribution in [0.5, 0.6) is 0 Å². The Kier molecular flexibility index (Phi) is 2.44. The first-order valence-corrected chi connectivity index (χ1v) is 4.81. The molecule has 0 amide bonds. The van der Waals surface area contributed by atoms with Crippen molar-refractivity contribution in [1.82, 2.24) is 14.8 Å². The van der Waals surface area contributed by atoms with Gasteiger partial charge >= 0.3 is 0 Å². The van der Waals surface area contributed by atoms with Crippen molar-refractivity contribution in [2.24, 2.45) is 0 Å². The molecule has 0 aliphatic rings. The van der Waals surface area contributed by atoms with E-state index in [4.69, 9.17) is 11.6 Å². The molecule has 15 heavy (non-hydrogen) atoms. The van der Waals surface area contributed by atoms with Crippen LogP contribution >= 0.6 is 11.6 Å². The van der Waals surface area contributed by atoms with Crippen molar-refractivity contribution in [1.29, 1.82) is 0 Å². The monoisotopic (exact) mass is 225 g/mol. The second-order valence-electron chi connectivity index (χ2n) is 3.29. The summed E-state index contributed by atoms with van der Waals surface area (Å²) in [5.41, 5.74) is 1.33. The third-order valence-corrected chi connectivity index (χ3v) is 2.43. The molecule has 5 heteroatoms. The summed E-state index contributed by atoms with van der Waals surface area (Å²) < 4.78 is 14.7. The molecule has 0 aliphatic heterocycles. The van der Waals surface area contributed by atoms with Gasteiger partial charge in [0.15, 0.2) is 0 Å². The van der Waals surface area contributed by atoms with E-state index >= 15 is 0 Å². The van der Waals surface area contributed by atoms with Crippen LogP contribution in [0.15, 0.2) is 18.2 Å². The molecule has 2 aromatic rings. The van der Waals surface area contributed by atoms with E-state index < -0.39 is 0 Å². The Hall–Kier alpha value is -1.42. The fourth-order valence-electron chi connectivity index (χ4n) is 1.40. The van der Waals surface area contributed by atoms with Crippen molar-refractivity contribution in [3.63, 3.8) is 0 Å². The van der Waals surface area contributed by atoms with Gasteiger partial charge in [-0.05, 0) is 49.2 Å². The summed E-state index contributed by atoms with van der Waals surface area (Å²) in [6.45, 7) is 3.49. The van der Waals surface area contributed by atoms with Crippen LogP contribution in [-0.2, 0) is 0 Å². The summed E-state index contributed by atoms with van der Waals surface area (Å²) >= 11 is 5.87. The summed E-state index contributed by atoms with van der Waals surface area (Å²) in [5, 5.41) is 7.84. The lowest BCUT2D eigenvalue weighted by Crippen LogP contribution is -1.98. The minimum Gasteiger partial charge on any atom is -0.270 e. The van der Waals surface area contributed by atoms with Gasteiger partial charge < -0.3 is 0 Å². The minimum absolute atomic E-state index is 0.236. The molecular weight excluding hydrogens is 217 g/mol. The number of hydrogen-bond donors (Lipinski definition) is 0. The largest absolute Gasteiger partial charge is 0.270 e. The highest BCUT2D eigenvalue weighted by atomic mass is 35.5. The van der Waals surface area contributed by atoms with Crippen LogP contribution in [0.2, 0.25) is 5.28 Å². The molecule has 0 unspecified atom stereocenters. The molecule has 1 heterocycles. The second kappa shape index (κ2) is 3.62. The molecule has 0 N–H and O–H groups in total. The quantitative estimate of drug-likeness (QED) is 0.747. The summed E-state index contributed by atoms with van der Waals surface area (Å²) in [6.07, 6.45) is 0. The summed E-state index contributed by atoms with van der Waals surface area (Å²) in [6, 6.07) is 4.75. The van der Waals surface area contributed by atoms with Gasteiger partial charge in [-0.25, -0.2) is 4.39 Å². The van der Waals surface area contributed by atoms with Crippen molar-refractivity contribution >= 4 is 11.6 Å². The first-order valence-electron chi connectivity index (χ1n) is 4.43. The number of hydrogen-bond acceptors (Lipinski definition) is 2. The van der Waals surface area contributed by atoms with Crippen molar-refractivity contribution in [2.45, 2.75) is 13.8 Å². The van der Waals surface area contributed by atoms with Crippen LogP contribution in [0.25, 0.3) is 5.69 Å². The first-order chi connectivity index (χ1) is 7.09. The highest BCUT2D eigenvalue weighted by molar-refractivity contribution is 6.28. The van der Waals surface area contributed by atoms with Gasteiger partial charge in [0.2, 0.25) is 5.28 Å². The molecule has 0 aliphatic carbocycles. The lowest BCUT2D eigenvalue weighted by atomic mass is 10.2. The molecule has 1 aromatic heterocycles. The molecule has 0 saturated heterocycles. The number of rotatable bonds is 1. The SMILES string of the molecule is Cc1cc(-n2c(C)nnc2Cl)ccc1F. The average Bonchev–Trinajstić information content (AvgIpc) is 2.52.